The number of rotatable bonds is 2. The van der Waals surface area contributed by atoms with Crippen LogP contribution in [0.2, 0.25) is 0 Å². The fourth-order valence-electron chi connectivity index (χ4n) is 1.49. The number of aromatic nitrogens is 3. The van der Waals surface area contributed by atoms with E-state index in [1.807, 2.05) is 26.8 Å². The summed E-state index contributed by atoms with van der Waals surface area (Å²) in [5.74, 6) is 0.278. The van der Waals surface area contributed by atoms with Crippen LogP contribution in [0.4, 0.5) is 5.82 Å². The molecule has 0 aliphatic carbocycles. The number of hydrogen-bond acceptors (Lipinski definition) is 4. The minimum absolute atomic E-state index is 0.122. The monoisotopic (exact) mass is 256 g/mol. The predicted octanol–water partition coefficient (Wildman–Crippen LogP) is 2.42. The number of amides is 1. The Kier molecular flexibility index (Phi) is 3.55. The quantitative estimate of drug-likeness (QED) is 0.896. The van der Waals surface area contributed by atoms with Crippen LogP contribution in [0.5, 0.6) is 0 Å². The Labute approximate surface area is 112 Å². The molecular weight excluding hydrogens is 240 g/mol. The molecule has 2 aromatic rings. The number of nitrogens with zero attached hydrogens (tertiary/aromatic N) is 3. The fourth-order valence-corrected chi connectivity index (χ4v) is 1.49. The van der Waals surface area contributed by atoms with Gasteiger partial charge in [-0.05, 0) is 18.2 Å². The lowest BCUT2D eigenvalue weighted by Crippen LogP contribution is -2.20. The molecule has 1 amide bonds. The van der Waals surface area contributed by atoms with Crippen molar-refractivity contribution in [1.82, 2.24) is 15.0 Å². The van der Waals surface area contributed by atoms with Crippen molar-refractivity contribution in [2.45, 2.75) is 26.2 Å². The smallest absolute Gasteiger partial charge is 0.294 e. The van der Waals surface area contributed by atoms with E-state index in [4.69, 9.17) is 0 Å². The summed E-state index contributed by atoms with van der Waals surface area (Å²) < 4.78 is 0. The third-order valence-corrected chi connectivity index (χ3v) is 2.53. The van der Waals surface area contributed by atoms with Gasteiger partial charge in [-0.15, -0.1) is 0 Å². The first-order chi connectivity index (χ1) is 8.97. The number of carbonyl (C=O) groups is 1. The largest absolute Gasteiger partial charge is 0.304 e. The highest BCUT2D eigenvalue weighted by Gasteiger charge is 2.18. The van der Waals surface area contributed by atoms with Gasteiger partial charge in [-0.1, -0.05) is 26.8 Å². The van der Waals surface area contributed by atoms with E-state index < -0.39 is 0 Å². The Balaban J connectivity index is 2.20. The number of anilines is 1. The molecule has 2 aromatic heterocycles. The third-order valence-electron chi connectivity index (χ3n) is 2.53. The Morgan fingerprint density at radius 2 is 1.89 bits per heavy atom. The average Bonchev–Trinajstić information content (AvgIpc) is 2.39. The molecule has 0 aliphatic rings. The van der Waals surface area contributed by atoms with Gasteiger partial charge < -0.3 is 5.32 Å². The van der Waals surface area contributed by atoms with Crippen LogP contribution in [0.15, 0.2) is 36.7 Å². The van der Waals surface area contributed by atoms with Gasteiger partial charge in [0.05, 0.1) is 0 Å². The molecule has 0 saturated carbocycles. The van der Waals surface area contributed by atoms with Crippen LogP contribution in [0, 0.1) is 0 Å². The highest BCUT2D eigenvalue weighted by Crippen LogP contribution is 2.19. The first kappa shape index (κ1) is 13.1. The van der Waals surface area contributed by atoms with Gasteiger partial charge in [-0.3, -0.25) is 4.79 Å². The molecule has 0 unspecified atom stereocenters. The third kappa shape index (κ3) is 3.34. The highest BCUT2D eigenvalue weighted by atomic mass is 16.2. The molecule has 1 N–H and O–H groups in total. The van der Waals surface area contributed by atoms with Crippen molar-refractivity contribution < 1.29 is 4.79 Å². The number of carbonyl (C=O) groups excluding carboxylic acids is 1. The average molecular weight is 256 g/mol. The molecule has 5 heteroatoms. The van der Waals surface area contributed by atoms with Gasteiger partial charge in [-0.2, -0.15) is 0 Å². The Morgan fingerprint density at radius 1 is 1.11 bits per heavy atom. The lowest BCUT2D eigenvalue weighted by Gasteiger charge is -2.17. The molecule has 0 spiro atoms. The maximum absolute atomic E-state index is 12.0. The van der Waals surface area contributed by atoms with E-state index >= 15 is 0 Å². The zero-order valence-electron chi connectivity index (χ0n) is 11.2. The minimum atomic E-state index is -0.357. The maximum Gasteiger partial charge on any atom is 0.294 e. The summed E-state index contributed by atoms with van der Waals surface area (Å²) in [4.78, 5) is 24.3. The SMILES string of the molecule is CC(C)(C)c1ccnc(C(=O)Nc2ccccn2)n1. The highest BCUT2D eigenvalue weighted by molar-refractivity contribution is 6.00. The second-order valence-corrected chi connectivity index (χ2v) is 5.18. The van der Waals surface area contributed by atoms with E-state index in [2.05, 4.69) is 20.3 Å². The molecular formula is C14H16N4O. The van der Waals surface area contributed by atoms with Crippen LogP contribution in [-0.2, 0) is 5.41 Å². The van der Waals surface area contributed by atoms with Crippen molar-refractivity contribution in [3.8, 4) is 0 Å². The first-order valence-electron chi connectivity index (χ1n) is 6.03. The van der Waals surface area contributed by atoms with E-state index in [1.54, 1.807) is 30.6 Å². The van der Waals surface area contributed by atoms with Gasteiger partial charge in [-0.25, -0.2) is 15.0 Å². The van der Waals surface area contributed by atoms with Crippen LogP contribution in [0.1, 0.15) is 37.1 Å². The molecule has 0 bridgehead atoms. The molecule has 2 rings (SSSR count). The van der Waals surface area contributed by atoms with E-state index in [-0.39, 0.29) is 17.1 Å². The summed E-state index contributed by atoms with van der Waals surface area (Å²) in [5.41, 5.74) is 0.705. The minimum Gasteiger partial charge on any atom is -0.304 e. The molecule has 0 aromatic carbocycles. The topological polar surface area (TPSA) is 67.8 Å². The molecule has 5 nitrogen and oxygen atoms in total. The molecule has 0 radical (unpaired) electrons. The zero-order valence-corrected chi connectivity index (χ0v) is 11.2. The van der Waals surface area contributed by atoms with Crippen molar-refractivity contribution >= 4 is 11.7 Å². The Bertz CT molecular complexity index is 575. The van der Waals surface area contributed by atoms with Crippen molar-refractivity contribution in [2.75, 3.05) is 5.32 Å². The van der Waals surface area contributed by atoms with Gasteiger partial charge in [0.2, 0.25) is 5.82 Å². The van der Waals surface area contributed by atoms with Crippen molar-refractivity contribution in [3.63, 3.8) is 0 Å². The summed E-state index contributed by atoms with van der Waals surface area (Å²) in [6.07, 6.45) is 3.21. The molecule has 0 aliphatic heterocycles. The zero-order chi connectivity index (χ0) is 13.9. The maximum atomic E-state index is 12.0. The van der Waals surface area contributed by atoms with Gasteiger partial charge in [0.25, 0.3) is 5.91 Å². The van der Waals surface area contributed by atoms with Crippen LogP contribution >= 0.6 is 0 Å². The number of hydrogen-bond donors (Lipinski definition) is 1. The lowest BCUT2D eigenvalue weighted by molar-refractivity contribution is 0.101. The standard InChI is InChI=1S/C14H16N4O/c1-14(2,3)10-7-9-16-12(17-10)13(19)18-11-6-4-5-8-15-11/h4-9H,1-3H3,(H,15,18,19). The van der Waals surface area contributed by atoms with Crippen LogP contribution in [0.3, 0.4) is 0 Å². The van der Waals surface area contributed by atoms with Crippen molar-refractivity contribution in [2.24, 2.45) is 0 Å². The van der Waals surface area contributed by atoms with E-state index in [0.29, 0.717) is 5.82 Å². The Hall–Kier alpha value is -2.30. The van der Waals surface area contributed by atoms with Gasteiger partial charge in [0.15, 0.2) is 0 Å². The molecule has 0 fully saturated rings. The second-order valence-electron chi connectivity index (χ2n) is 5.18. The second kappa shape index (κ2) is 5.14. The molecule has 98 valence electrons. The number of pyridine rings is 1. The summed E-state index contributed by atoms with van der Waals surface area (Å²) in [7, 11) is 0. The van der Waals surface area contributed by atoms with Crippen LogP contribution < -0.4 is 5.32 Å². The Morgan fingerprint density at radius 3 is 2.53 bits per heavy atom. The summed E-state index contributed by atoms with van der Waals surface area (Å²) >= 11 is 0. The van der Waals surface area contributed by atoms with E-state index in [9.17, 15) is 4.79 Å². The summed E-state index contributed by atoms with van der Waals surface area (Å²) in [6.45, 7) is 6.11. The van der Waals surface area contributed by atoms with Gasteiger partial charge in [0.1, 0.15) is 5.82 Å². The van der Waals surface area contributed by atoms with Gasteiger partial charge >= 0.3 is 0 Å². The van der Waals surface area contributed by atoms with Crippen LogP contribution in [0.25, 0.3) is 0 Å². The first-order valence-corrected chi connectivity index (χ1v) is 6.03. The van der Waals surface area contributed by atoms with Gasteiger partial charge in [0, 0.05) is 23.5 Å². The van der Waals surface area contributed by atoms with E-state index in [1.165, 1.54) is 0 Å². The number of nitrogens with one attached hydrogen (secondary N) is 1. The molecule has 0 saturated heterocycles. The lowest BCUT2D eigenvalue weighted by atomic mass is 9.92. The normalized spacial score (nSPS) is 11.1. The van der Waals surface area contributed by atoms with E-state index in [0.717, 1.165) is 5.69 Å². The summed E-state index contributed by atoms with van der Waals surface area (Å²) in [5, 5.41) is 2.66. The van der Waals surface area contributed by atoms with Crippen molar-refractivity contribution in [1.29, 1.82) is 0 Å². The molecule has 0 atom stereocenters. The molecule has 19 heavy (non-hydrogen) atoms. The summed E-state index contributed by atoms with van der Waals surface area (Å²) in [6, 6.07) is 7.12. The predicted molar refractivity (Wildman–Crippen MR) is 72.9 cm³/mol. The van der Waals surface area contributed by atoms with Crippen LogP contribution in [-0.4, -0.2) is 20.9 Å². The fraction of sp³-hybridized carbons (Fsp3) is 0.286. The van der Waals surface area contributed by atoms with Crippen molar-refractivity contribution in [3.05, 3.63) is 48.2 Å². The molecule has 2 heterocycles.